The summed E-state index contributed by atoms with van der Waals surface area (Å²) in [6, 6.07) is -0.0349. The van der Waals surface area contributed by atoms with Crippen LogP contribution in [-0.4, -0.2) is 29.2 Å². The van der Waals surface area contributed by atoms with Gasteiger partial charge in [0.2, 0.25) is 0 Å². The van der Waals surface area contributed by atoms with Gasteiger partial charge in [0.15, 0.2) is 0 Å². The van der Waals surface area contributed by atoms with Gasteiger partial charge in [-0.05, 0) is 25.7 Å². The van der Waals surface area contributed by atoms with Gasteiger partial charge in [-0.3, -0.25) is 14.5 Å². The molecule has 6 nitrogen and oxygen atoms in total. The number of halogens is 1. The third-order valence-electron chi connectivity index (χ3n) is 5.15. The molecule has 0 saturated heterocycles. The Labute approximate surface area is 125 Å². The molecule has 1 aliphatic heterocycles. The van der Waals surface area contributed by atoms with E-state index in [-0.39, 0.29) is 22.1 Å². The molecule has 21 heavy (non-hydrogen) atoms. The SMILES string of the molecule is O=c1n(C23CC(Cl)(C2)C3)nc2n1[C@H](c1cnccn1)CC2. The highest BCUT2D eigenvalue weighted by atomic mass is 35.5. The van der Waals surface area contributed by atoms with Crippen LogP contribution in [0.4, 0.5) is 0 Å². The van der Waals surface area contributed by atoms with E-state index < -0.39 is 0 Å². The Kier molecular flexibility index (Phi) is 2.01. The smallest absolute Gasteiger partial charge is 0.270 e. The Balaban J connectivity index is 1.59. The molecule has 0 aromatic carbocycles. The first kappa shape index (κ1) is 11.9. The van der Waals surface area contributed by atoms with Crippen molar-refractivity contribution in [2.45, 2.75) is 48.6 Å². The summed E-state index contributed by atoms with van der Waals surface area (Å²) in [5, 5.41) is 4.59. The highest BCUT2D eigenvalue weighted by molar-refractivity contribution is 6.26. The van der Waals surface area contributed by atoms with Gasteiger partial charge in [0.25, 0.3) is 0 Å². The summed E-state index contributed by atoms with van der Waals surface area (Å²) in [6.07, 6.45) is 9.33. The van der Waals surface area contributed by atoms with Crippen LogP contribution < -0.4 is 5.69 Å². The van der Waals surface area contributed by atoms with E-state index in [9.17, 15) is 4.79 Å². The van der Waals surface area contributed by atoms with Crippen molar-refractivity contribution in [1.82, 2.24) is 24.3 Å². The van der Waals surface area contributed by atoms with E-state index >= 15 is 0 Å². The number of aromatic nitrogens is 5. The minimum absolute atomic E-state index is 0.0171. The van der Waals surface area contributed by atoms with Crippen molar-refractivity contribution in [3.8, 4) is 0 Å². The first-order valence-electron chi connectivity index (χ1n) is 7.26. The number of hydrogen-bond acceptors (Lipinski definition) is 4. The average molecular weight is 304 g/mol. The second-order valence-corrected chi connectivity index (χ2v) is 7.37. The van der Waals surface area contributed by atoms with Crippen LogP contribution in [0.2, 0.25) is 0 Å². The predicted octanol–water partition coefficient (Wildman–Crippen LogP) is 1.24. The first-order valence-corrected chi connectivity index (χ1v) is 7.64. The first-order chi connectivity index (χ1) is 10.1. The van der Waals surface area contributed by atoms with Crippen molar-refractivity contribution in [1.29, 1.82) is 0 Å². The highest BCUT2D eigenvalue weighted by Gasteiger charge is 2.70. The molecule has 4 aliphatic rings. The van der Waals surface area contributed by atoms with E-state index in [0.717, 1.165) is 43.6 Å². The maximum Gasteiger partial charge on any atom is 0.347 e. The minimum Gasteiger partial charge on any atom is -0.270 e. The molecule has 0 amide bonds. The van der Waals surface area contributed by atoms with Crippen LogP contribution >= 0.6 is 11.6 Å². The lowest BCUT2D eigenvalue weighted by Gasteiger charge is -2.66. The largest absolute Gasteiger partial charge is 0.347 e. The molecular weight excluding hydrogens is 290 g/mol. The molecule has 2 aromatic rings. The summed E-state index contributed by atoms with van der Waals surface area (Å²) < 4.78 is 3.49. The molecule has 3 saturated carbocycles. The summed E-state index contributed by atoms with van der Waals surface area (Å²) in [5.41, 5.74) is 0.712. The molecule has 7 heteroatoms. The highest BCUT2D eigenvalue weighted by Crippen LogP contribution is 2.68. The van der Waals surface area contributed by atoms with Crippen LogP contribution in [0.25, 0.3) is 0 Å². The lowest BCUT2D eigenvalue weighted by molar-refractivity contribution is -0.0769. The van der Waals surface area contributed by atoms with Gasteiger partial charge < -0.3 is 0 Å². The van der Waals surface area contributed by atoms with Crippen molar-refractivity contribution >= 4 is 11.6 Å². The van der Waals surface area contributed by atoms with Crippen molar-refractivity contribution in [3.63, 3.8) is 0 Å². The lowest BCUT2D eigenvalue weighted by atomic mass is 9.49. The number of rotatable bonds is 2. The molecule has 2 bridgehead atoms. The van der Waals surface area contributed by atoms with E-state index in [4.69, 9.17) is 11.6 Å². The maximum absolute atomic E-state index is 12.8. The molecular formula is C14H14ClN5O. The van der Waals surface area contributed by atoms with E-state index in [2.05, 4.69) is 15.1 Å². The van der Waals surface area contributed by atoms with Crippen molar-refractivity contribution in [2.75, 3.05) is 0 Å². The molecule has 0 N–H and O–H groups in total. The second kappa shape index (κ2) is 3.55. The molecule has 6 rings (SSSR count). The van der Waals surface area contributed by atoms with Crippen molar-refractivity contribution in [3.05, 3.63) is 40.6 Å². The third-order valence-corrected chi connectivity index (χ3v) is 5.55. The molecule has 3 fully saturated rings. The lowest BCUT2D eigenvalue weighted by Crippen LogP contribution is -2.71. The van der Waals surface area contributed by atoms with Gasteiger partial charge >= 0.3 is 5.69 Å². The zero-order valence-electron chi connectivity index (χ0n) is 11.4. The molecule has 0 unspecified atom stereocenters. The van der Waals surface area contributed by atoms with Crippen LogP contribution in [0.1, 0.15) is 43.2 Å². The van der Waals surface area contributed by atoms with Gasteiger partial charge in [-0.2, -0.15) is 5.10 Å². The Morgan fingerprint density at radius 2 is 2.10 bits per heavy atom. The number of hydrogen-bond donors (Lipinski definition) is 0. The Morgan fingerprint density at radius 3 is 2.76 bits per heavy atom. The number of aryl methyl sites for hydroxylation is 1. The third kappa shape index (κ3) is 1.38. The van der Waals surface area contributed by atoms with Crippen LogP contribution in [0, 0.1) is 0 Å². The summed E-state index contributed by atoms with van der Waals surface area (Å²) >= 11 is 6.31. The predicted molar refractivity (Wildman–Crippen MR) is 75.4 cm³/mol. The van der Waals surface area contributed by atoms with E-state index in [0.29, 0.717) is 0 Å². The standard InChI is InChI=1S/C14H14ClN5O/c15-13-6-14(7-13,8-13)20-12(21)19-10(1-2-11(19)18-20)9-5-16-3-4-17-9/h3-5,10H,1-2,6-8H2/t10-,13?,14?/m0/s1. The Morgan fingerprint density at radius 1 is 1.29 bits per heavy atom. The fraction of sp³-hybridized carbons (Fsp3) is 0.571. The molecule has 2 aromatic heterocycles. The van der Waals surface area contributed by atoms with Gasteiger partial charge in [0, 0.05) is 18.8 Å². The molecule has 3 aliphatic carbocycles. The summed E-state index contributed by atoms with van der Waals surface area (Å²) in [7, 11) is 0. The minimum atomic E-state index is -0.108. The van der Waals surface area contributed by atoms with Crippen LogP contribution in [0.5, 0.6) is 0 Å². The molecule has 0 spiro atoms. The number of nitrogens with zero attached hydrogens (tertiary/aromatic N) is 5. The van der Waals surface area contributed by atoms with Crippen LogP contribution in [0.15, 0.2) is 23.4 Å². The van der Waals surface area contributed by atoms with Gasteiger partial charge in [0.1, 0.15) is 5.82 Å². The quantitative estimate of drug-likeness (QED) is 0.783. The van der Waals surface area contributed by atoms with Crippen LogP contribution in [-0.2, 0) is 12.0 Å². The maximum atomic E-state index is 12.8. The Hall–Kier alpha value is -1.69. The van der Waals surface area contributed by atoms with Crippen molar-refractivity contribution < 1.29 is 0 Å². The fourth-order valence-electron chi connectivity index (χ4n) is 4.21. The normalized spacial score (nSPS) is 36.0. The van der Waals surface area contributed by atoms with E-state index in [1.165, 1.54) is 0 Å². The zero-order valence-corrected chi connectivity index (χ0v) is 12.1. The average Bonchev–Trinajstić information content (AvgIpc) is 2.96. The topological polar surface area (TPSA) is 65.6 Å². The zero-order chi connectivity index (χ0) is 14.2. The molecule has 3 heterocycles. The Bertz CT molecular complexity index is 776. The van der Waals surface area contributed by atoms with Crippen molar-refractivity contribution in [2.24, 2.45) is 0 Å². The van der Waals surface area contributed by atoms with Gasteiger partial charge in [-0.15, -0.1) is 11.6 Å². The van der Waals surface area contributed by atoms with Gasteiger partial charge in [-0.1, -0.05) is 0 Å². The number of fused-ring (bicyclic) bond motifs is 1. The molecule has 1 atom stereocenters. The van der Waals surface area contributed by atoms with Gasteiger partial charge in [-0.25, -0.2) is 9.48 Å². The molecule has 108 valence electrons. The summed E-state index contributed by atoms with van der Waals surface area (Å²) in [4.78, 5) is 21.2. The summed E-state index contributed by atoms with van der Waals surface area (Å²) in [5.74, 6) is 0.865. The number of alkyl halides is 1. The van der Waals surface area contributed by atoms with E-state index in [1.54, 1.807) is 27.8 Å². The fourth-order valence-corrected chi connectivity index (χ4v) is 4.95. The second-order valence-electron chi connectivity index (χ2n) is 6.57. The van der Waals surface area contributed by atoms with E-state index in [1.807, 2.05) is 0 Å². The summed E-state index contributed by atoms with van der Waals surface area (Å²) in [6.45, 7) is 0. The molecule has 0 radical (unpaired) electrons. The van der Waals surface area contributed by atoms with Gasteiger partial charge in [0.05, 0.1) is 28.3 Å². The van der Waals surface area contributed by atoms with Crippen LogP contribution in [0.3, 0.4) is 0 Å². The monoisotopic (exact) mass is 303 g/mol.